The number of halogens is 1. The number of carbonyl (C=O) groups is 1. The molecule has 0 saturated carbocycles. The fourth-order valence-corrected chi connectivity index (χ4v) is 2.39. The molecule has 0 bridgehead atoms. The maximum atomic E-state index is 12.8. The van der Waals surface area contributed by atoms with Gasteiger partial charge >= 0.3 is 6.03 Å². The van der Waals surface area contributed by atoms with Gasteiger partial charge < -0.3 is 15.4 Å². The lowest BCUT2D eigenvalue weighted by Gasteiger charge is -2.06. The molecule has 0 fully saturated rings. The fourth-order valence-electron chi connectivity index (χ4n) is 2.39. The third kappa shape index (κ3) is 5.44. The van der Waals surface area contributed by atoms with Gasteiger partial charge in [-0.05, 0) is 29.8 Å². The first-order chi connectivity index (χ1) is 13.2. The first-order valence-electron chi connectivity index (χ1n) is 8.41. The van der Waals surface area contributed by atoms with Gasteiger partial charge in [-0.2, -0.15) is 0 Å². The number of nitrogens with zero attached hydrogens (tertiary/aromatic N) is 1. The summed E-state index contributed by atoms with van der Waals surface area (Å²) in [6, 6.07) is 15.2. The predicted octanol–water partition coefficient (Wildman–Crippen LogP) is 3.26. The van der Waals surface area contributed by atoms with Crippen molar-refractivity contribution in [3.63, 3.8) is 0 Å². The molecule has 6 heteroatoms. The van der Waals surface area contributed by atoms with Crippen LogP contribution in [-0.4, -0.2) is 24.2 Å². The van der Waals surface area contributed by atoms with Crippen LogP contribution < -0.4 is 15.4 Å². The van der Waals surface area contributed by atoms with Crippen LogP contribution >= 0.6 is 0 Å². The second-order valence-corrected chi connectivity index (χ2v) is 5.64. The number of rotatable bonds is 5. The largest absolute Gasteiger partial charge is 0.479 e. The molecule has 0 aliphatic carbocycles. The van der Waals surface area contributed by atoms with Crippen molar-refractivity contribution in [1.82, 2.24) is 15.6 Å². The SMILES string of the molecule is O=C(NCC#CCOc1cccc2cccnc12)NCc1ccc(F)cc1. The zero-order valence-electron chi connectivity index (χ0n) is 14.5. The number of amides is 2. The first-order valence-corrected chi connectivity index (χ1v) is 8.41. The average Bonchev–Trinajstić information content (AvgIpc) is 2.70. The van der Waals surface area contributed by atoms with Gasteiger partial charge in [-0.15, -0.1) is 0 Å². The summed E-state index contributed by atoms with van der Waals surface area (Å²) in [5, 5.41) is 6.30. The van der Waals surface area contributed by atoms with Crippen LogP contribution in [0.1, 0.15) is 5.56 Å². The van der Waals surface area contributed by atoms with Gasteiger partial charge in [-0.25, -0.2) is 9.18 Å². The number of benzene rings is 2. The zero-order valence-corrected chi connectivity index (χ0v) is 14.5. The minimum Gasteiger partial charge on any atom is -0.479 e. The van der Waals surface area contributed by atoms with Crippen molar-refractivity contribution in [1.29, 1.82) is 0 Å². The summed E-state index contributed by atoms with van der Waals surface area (Å²) in [5.41, 5.74) is 1.61. The number of para-hydroxylation sites is 1. The van der Waals surface area contributed by atoms with Gasteiger partial charge in [0.15, 0.2) is 0 Å². The number of pyridine rings is 1. The molecular formula is C21H18FN3O2. The van der Waals surface area contributed by atoms with Crippen molar-refractivity contribution in [2.24, 2.45) is 0 Å². The van der Waals surface area contributed by atoms with E-state index in [-0.39, 0.29) is 25.0 Å². The van der Waals surface area contributed by atoms with E-state index in [1.165, 1.54) is 12.1 Å². The maximum Gasteiger partial charge on any atom is 0.315 e. The highest BCUT2D eigenvalue weighted by molar-refractivity contribution is 5.84. The Morgan fingerprint density at radius 3 is 2.70 bits per heavy atom. The molecule has 1 heterocycles. The van der Waals surface area contributed by atoms with Gasteiger partial charge in [0, 0.05) is 18.1 Å². The molecule has 0 aliphatic heterocycles. The Hall–Kier alpha value is -3.59. The van der Waals surface area contributed by atoms with E-state index in [0.29, 0.717) is 12.3 Å². The monoisotopic (exact) mass is 363 g/mol. The first kappa shape index (κ1) is 18.2. The van der Waals surface area contributed by atoms with E-state index in [4.69, 9.17) is 4.74 Å². The number of aromatic nitrogens is 1. The maximum absolute atomic E-state index is 12.8. The summed E-state index contributed by atoms with van der Waals surface area (Å²) < 4.78 is 18.5. The van der Waals surface area contributed by atoms with Gasteiger partial charge in [0.25, 0.3) is 0 Å². The van der Waals surface area contributed by atoms with Crippen molar-refractivity contribution in [3.8, 4) is 17.6 Å². The van der Waals surface area contributed by atoms with E-state index in [0.717, 1.165) is 16.5 Å². The van der Waals surface area contributed by atoms with Gasteiger partial charge in [0.05, 0.1) is 6.54 Å². The Bertz CT molecular complexity index is 973. The van der Waals surface area contributed by atoms with Crippen LogP contribution in [0.5, 0.6) is 5.75 Å². The van der Waals surface area contributed by atoms with Crippen molar-refractivity contribution >= 4 is 16.9 Å². The molecule has 2 N–H and O–H groups in total. The molecule has 0 unspecified atom stereocenters. The topological polar surface area (TPSA) is 63.2 Å². The highest BCUT2D eigenvalue weighted by Crippen LogP contribution is 2.22. The summed E-state index contributed by atoms with van der Waals surface area (Å²) in [6.45, 7) is 0.720. The average molecular weight is 363 g/mol. The lowest BCUT2D eigenvalue weighted by molar-refractivity contribution is 0.241. The van der Waals surface area contributed by atoms with E-state index >= 15 is 0 Å². The minimum absolute atomic E-state index is 0.201. The van der Waals surface area contributed by atoms with Crippen LogP contribution in [0.25, 0.3) is 10.9 Å². The molecule has 0 aliphatic rings. The molecule has 27 heavy (non-hydrogen) atoms. The van der Waals surface area contributed by atoms with Gasteiger partial charge in [0.1, 0.15) is 23.7 Å². The molecule has 2 amide bonds. The third-order valence-corrected chi connectivity index (χ3v) is 3.72. The van der Waals surface area contributed by atoms with Crippen LogP contribution in [0.2, 0.25) is 0 Å². The molecule has 0 atom stereocenters. The van der Waals surface area contributed by atoms with E-state index in [2.05, 4.69) is 27.5 Å². The summed E-state index contributed by atoms with van der Waals surface area (Å²) in [7, 11) is 0. The number of hydrogen-bond donors (Lipinski definition) is 2. The van der Waals surface area contributed by atoms with Crippen molar-refractivity contribution in [3.05, 3.63) is 72.2 Å². The smallest absolute Gasteiger partial charge is 0.315 e. The van der Waals surface area contributed by atoms with Gasteiger partial charge in [-0.3, -0.25) is 4.98 Å². The predicted molar refractivity (Wildman–Crippen MR) is 102 cm³/mol. The van der Waals surface area contributed by atoms with Crippen LogP contribution in [0.15, 0.2) is 60.8 Å². The number of hydrogen-bond acceptors (Lipinski definition) is 3. The Morgan fingerprint density at radius 1 is 1.04 bits per heavy atom. The van der Waals surface area contributed by atoms with Crippen LogP contribution in [0, 0.1) is 17.7 Å². The second-order valence-electron chi connectivity index (χ2n) is 5.64. The summed E-state index contributed by atoms with van der Waals surface area (Å²) in [4.78, 5) is 16.0. The number of nitrogens with one attached hydrogen (secondary N) is 2. The standard InChI is InChI=1S/C21H18FN3O2/c22-18-10-8-16(9-11-18)15-25-21(26)24-12-1-2-14-27-19-7-3-5-17-6-4-13-23-20(17)19/h3-11,13H,12,14-15H2,(H2,24,25,26). The molecular weight excluding hydrogens is 345 g/mol. The van der Waals surface area contributed by atoms with Crippen LogP contribution in [0.4, 0.5) is 9.18 Å². The Morgan fingerprint density at radius 2 is 1.85 bits per heavy atom. The van der Waals surface area contributed by atoms with E-state index < -0.39 is 0 Å². The van der Waals surface area contributed by atoms with E-state index in [9.17, 15) is 9.18 Å². The summed E-state index contributed by atoms with van der Waals surface area (Å²) in [6.07, 6.45) is 1.72. The lowest BCUT2D eigenvalue weighted by Crippen LogP contribution is -2.35. The fraction of sp³-hybridized carbons (Fsp3) is 0.143. The van der Waals surface area contributed by atoms with Crippen molar-refractivity contribution in [2.45, 2.75) is 6.54 Å². The Labute approximate surface area is 156 Å². The highest BCUT2D eigenvalue weighted by Gasteiger charge is 2.01. The third-order valence-electron chi connectivity index (χ3n) is 3.72. The van der Waals surface area contributed by atoms with Gasteiger partial charge in [0.2, 0.25) is 0 Å². The number of carbonyl (C=O) groups excluding carboxylic acids is 1. The molecule has 0 spiro atoms. The normalized spacial score (nSPS) is 9.96. The molecule has 0 saturated heterocycles. The molecule has 1 aromatic heterocycles. The Kier molecular flexibility index (Phi) is 6.21. The van der Waals surface area contributed by atoms with Crippen molar-refractivity contribution < 1.29 is 13.9 Å². The van der Waals surface area contributed by atoms with E-state index in [1.54, 1.807) is 18.3 Å². The molecule has 136 valence electrons. The minimum atomic E-state index is -0.340. The number of ether oxygens (including phenoxy) is 1. The molecule has 3 aromatic rings. The van der Waals surface area contributed by atoms with Crippen LogP contribution in [-0.2, 0) is 6.54 Å². The Balaban J connectivity index is 1.39. The zero-order chi connectivity index (χ0) is 18.9. The molecule has 5 nitrogen and oxygen atoms in total. The molecule has 2 aromatic carbocycles. The highest BCUT2D eigenvalue weighted by atomic mass is 19.1. The van der Waals surface area contributed by atoms with Crippen LogP contribution in [0.3, 0.4) is 0 Å². The van der Waals surface area contributed by atoms with Gasteiger partial charge in [-0.1, -0.05) is 42.2 Å². The number of urea groups is 1. The van der Waals surface area contributed by atoms with E-state index in [1.807, 2.05) is 30.3 Å². The molecule has 0 radical (unpaired) electrons. The quantitative estimate of drug-likeness (QED) is 0.684. The lowest BCUT2D eigenvalue weighted by atomic mass is 10.2. The molecule has 3 rings (SSSR count). The number of fused-ring (bicyclic) bond motifs is 1. The summed E-state index contributed by atoms with van der Waals surface area (Å²) in [5.74, 6) is 6.04. The summed E-state index contributed by atoms with van der Waals surface area (Å²) >= 11 is 0. The van der Waals surface area contributed by atoms with Crippen molar-refractivity contribution in [2.75, 3.05) is 13.2 Å². The second kappa shape index (κ2) is 9.20.